The van der Waals surface area contributed by atoms with Crippen molar-refractivity contribution in [2.24, 2.45) is 0 Å². The molecule has 0 radical (unpaired) electrons. The van der Waals surface area contributed by atoms with E-state index in [1.165, 1.54) is 27.9 Å². The molecule has 0 spiro atoms. The van der Waals surface area contributed by atoms with Crippen LogP contribution in [0.15, 0.2) is 182 Å². The first-order valence-corrected chi connectivity index (χ1v) is 19.8. The number of hydrogen-bond acceptors (Lipinski definition) is 3. The number of pyridine rings is 1. The summed E-state index contributed by atoms with van der Waals surface area (Å²) in [5.74, 6) is 0.858. The molecule has 0 saturated heterocycles. The Hall–Kier alpha value is -6.22. The van der Waals surface area contributed by atoms with E-state index in [4.69, 9.17) is 4.98 Å². The Morgan fingerprint density at radius 2 is 1.26 bits per heavy atom. The SMILES string of the molecule is Cc1ccccc1-c1ccnc(-n2c3[c-]c(C(c4[c-]c(N5CN(C(C)C)c6ccccc65)ccc4)(c4ccccc4)c4ccccc4)ccc3c3ccccc32)c1.[Pt+2]. The fourth-order valence-electron chi connectivity index (χ4n) is 8.98. The average Bonchev–Trinajstić information content (AvgIpc) is 3.82. The number of rotatable bonds is 8. The van der Waals surface area contributed by atoms with Crippen LogP contribution in [-0.2, 0) is 26.5 Å². The van der Waals surface area contributed by atoms with Crippen LogP contribution < -0.4 is 9.80 Å². The summed E-state index contributed by atoms with van der Waals surface area (Å²) in [4.78, 5) is 9.88. The molecule has 0 saturated carbocycles. The van der Waals surface area contributed by atoms with Crippen molar-refractivity contribution in [1.29, 1.82) is 0 Å². The van der Waals surface area contributed by atoms with E-state index < -0.39 is 5.41 Å². The Balaban J connectivity index is 0.00000436. The van der Waals surface area contributed by atoms with Gasteiger partial charge in [0.1, 0.15) is 5.82 Å². The predicted octanol–water partition coefficient (Wildman–Crippen LogP) is 12.5. The number of fused-ring (bicyclic) bond motifs is 4. The minimum absolute atomic E-state index is 0. The first kappa shape index (κ1) is 37.4. The fraction of sp³-hybridized carbons (Fsp3) is 0.113. The number of aromatic nitrogens is 2. The molecule has 0 fully saturated rings. The van der Waals surface area contributed by atoms with Gasteiger partial charge >= 0.3 is 21.1 Å². The van der Waals surface area contributed by atoms with Crippen LogP contribution in [0.1, 0.15) is 41.7 Å². The zero-order chi connectivity index (χ0) is 38.5. The Morgan fingerprint density at radius 1 is 0.603 bits per heavy atom. The number of nitrogens with zero attached hydrogens (tertiary/aromatic N) is 4. The predicted molar refractivity (Wildman–Crippen MR) is 236 cm³/mol. The van der Waals surface area contributed by atoms with Gasteiger partial charge in [-0.25, -0.2) is 4.98 Å². The quantitative estimate of drug-likeness (QED) is 0.112. The molecule has 2 aromatic heterocycles. The maximum atomic E-state index is 5.02. The van der Waals surface area contributed by atoms with Gasteiger partial charge in [0, 0.05) is 23.2 Å². The molecule has 1 aliphatic heterocycles. The Bertz CT molecular complexity index is 2860. The van der Waals surface area contributed by atoms with Gasteiger partial charge in [-0.15, -0.1) is 22.6 Å². The average molecular weight is 930 g/mol. The maximum absolute atomic E-state index is 5.02. The zero-order valence-corrected chi connectivity index (χ0v) is 35.0. The third-order valence-electron chi connectivity index (χ3n) is 11.7. The molecule has 0 bridgehead atoms. The molecule has 7 aromatic carbocycles. The summed E-state index contributed by atoms with van der Waals surface area (Å²) in [7, 11) is 0. The molecule has 1 aliphatic rings. The third-order valence-corrected chi connectivity index (χ3v) is 11.7. The van der Waals surface area contributed by atoms with Gasteiger partial charge in [0.2, 0.25) is 0 Å². The monoisotopic (exact) mass is 929 g/mol. The molecule has 0 atom stereocenters. The molecule has 0 aliphatic carbocycles. The second-order valence-corrected chi connectivity index (χ2v) is 15.3. The van der Waals surface area contributed by atoms with Crippen molar-refractivity contribution in [3.63, 3.8) is 0 Å². The Morgan fingerprint density at radius 3 is 2.00 bits per heavy atom. The minimum Gasteiger partial charge on any atom is -0.349 e. The van der Waals surface area contributed by atoms with Crippen molar-refractivity contribution in [2.45, 2.75) is 32.2 Å². The van der Waals surface area contributed by atoms with Crippen LogP contribution in [0, 0.1) is 19.1 Å². The molecule has 9 aromatic rings. The molecule has 3 heterocycles. The second-order valence-electron chi connectivity index (χ2n) is 15.3. The van der Waals surface area contributed by atoms with Gasteiger partial charge in [-0.3, -0.25) is 0 Å². The first-order chi connectivity index (χ1) is 28.0. The third kappa shape index (κ3) is 6.06. The van der Waals surface area contributed by atoms with Crippen LogP contribution in [0.3, 0.4) is 0 Å². The molecule has 0 N–H and O–H groups in total. The molecular weight excluding hydrogens is 888 g/mol. The van der Waals surface area contributed by atoms with Crippen molar-refractivity contribution in [1.82, 2.24) is 9.55 Å². The fourth-order valence-corrected chi connectivity index (χ4v) is 8.98. The van der Waals surface area contributed by atoms with Gasteiger partial charge in [-0.1, -0.05) is 126 Å². The molecule has 5 heteroatoms. The van der Waals surface area contributed by atoms with E-state index in [-0.39, 0.29) is 21.1 Å². The summed E-state index contributed by atoms with van der Waals surface area (Å²) in [6.07, 6.45) is 1.93. The summed E-state index contributed by atoms with van der Waals surface area (Å²) in [5, 5.41) is 2.30. The van der Waals surface area contributed by atoms with Gasteiger partial charge in [-0.05, 0) is 84.3 Å². The topological polar surface area (TPSA) is 24.3 Å². The maximum Gasteiger partial charge on any atom is 2.00 e. The van der Waals surface area contributed by atoms with E-state index in [0.717, 1.165) is 62.4 Å². The number of hydrogen-bond donors (Lipinski definition) is 0. The molecule has 0 amide bonds. The number of benzene rings is 7. The summed E-state index contributed by atoms with van der Waals surface area (Å²) >= 11 is 0. The van der Waals surface area contributed by atoms with Gasteiger partial charge < -0.3 is 14.4 Å². The normalized spacial score (nSPS) is 12.6. The van der Waals surface area contributed by atoms with Gasteiger partial charge in [-0.2, -0.15) is 36.4 Å². The molecule has 0 unspecified atom stereocenters. The Labute approximate surface area is 355 Å². The first-order valence-electron chi connectivity index (χ1n) is 19.8. The van der Waals surface area contributed by atoms with Crippen LogP contribution in [0.4, 0.5) is 17.1 Å². The van der Waals surface area contributed by atoms with Gasteiger partial charge in [0.25, 0.3) is 0 Å². The molecule has 4 nitrogen and oxygen atoms in total. The van der Waals surface area contributed by atoms with E-state index in [1.54, 1.807) is 0 Å². The number of para-hydroxylation sites is 3. The second kappa shape index (κ2) is 15.3. The Kier molecular flexibility index (Phi) is 9.84. The van der Waals surface area contributed by atoms with Crippen molar-refractivity contribution >= 4 is 38.9 Å². The van der Waals surface area contributed by atoms with Crippen LogP contribution in [0.25, 0.3) is 38.8 Å². The van der Waals surface area contributed by atoms with E-state index >= 15 is 0 Å². The summed E-state index contributed by atoms with van der Waals surface area (Å²) < 4.78 is 2.29. The zero-order valence-electron chi connectivity index (χ0n) is 32.7. The van der Waals surface area contributed by atoms with Crippen molar-refractivity contribution in [3.05, 3.63) is 222 Å². The van der Waals surface area contributed by atoms with Crippen LogP contribution in [-0.4, -0.2) is 22.3 Å². The van der Waals surface area contributed by atoms with E-state index in [0.29, 0.717) is 6.04 Å². The van der Waals surface area contributed by atoms with Gasteiger partial charge in [0.15, 0.2) is 0 Å². The number of aryl methyl sites for hydroxylation is 1. The summed E-state index contributed by atoms with van der Waals surface area (Å²) in [5.41, 5.74) is 12.7. The molecule has 284 valence electrons. The summed E-state index contributed by atoms with van der Waals surface area (Å²) in [6.45, 7) is 7.44. The van der Waals surface area contributed by atoms with Crippen molar-refractivity contribution < 1.29 is 21.1 Å². The smallest absolute Gasteiger partial charge is 0.349 e. The standard InChI is InChI=1S/C53H42N4.Pt/c1-37(2)55-36-56(50-28-15-14-27-49(50)55)44-23-16-22-42(34-44)53(40-18-6-4-7-19-40,41-20-8-5-9-21-41)43-29-30-47-46-25-12-13-26-48(46)57(51(47)35-43)52-33-39(31-32-54-52)45-24-11-10-17-38(45)3;/h4-33,37H,36H2,1-3H3;/q-2;+2. The minimum atomic E-state index is -0.762. The van der Waals surface area contributed by atoms with E-state index in [1.807, 2.05) is 6.20 Å². The van der Waals surface area contributed by atoms with Crippen LogP contribution >= 0.6 is 0 Å². The van der Waals surface area contributed by atoms with Crippen molar-refractivity contribution in [2.75, 3.05) is 16.5 Å². The summed E-state index contributed by atoms with van der Waals surface area (Å²) in [6, 6.07) is 71.7. The van der Waals surface area contributed by atoms with E-state index in [9.17, 15) is 0 Å². The van der Waals surface area contributed by atoms with Crippen molar-refractivity contribution in [3.8, 4) is 16.9 Å². The molecule has 10 rings (SSSR count). The van der Waals surface area contributed by atoms with E-state index in [2.05, 4.69) is 223 Å². The van der Waals surface area contributed by atoms with Gasteiger partial charge in [0.05, 0.1) is 18.0 Å². The molecule has 58 heavy (non-hydrogen) atoms. The number of anilines is 3. The largest absolute Gasteiger partial charge is 2.00 e. The van der Waals surface area contributed by atoms with Crippen LogP contribution in [0.2, 0.25) is 0 Å². The molecular formula is C53H42N4Pt. The van der Waals surface area contributed by atoms with Crippen LogP contribution in [0.5, 0.6) is 0 Å².